The van der Waals surface area contributed by atoms with Crippen LogP contribution in [0.1, 0.15) is 5.56 Å². The first-order valence-electron chi connectivity index (χ1n) is 9.60. The second-order valence-electron chi connectivity index (χ2n) is 6.99. The first-order valence-corrected chi connectivity index (χ1v) is 10.4. The molecule has 2 aliphatic rings. The summed E-state index contributed by atoms with van der Waals surface area (Å²) >= 11 is 0.912. The van der Waals surface area contributed by atoms with E-state index in [-0.39, 0.29) is 11.1 Å². The van der Waals surface area contributed by atoms with Crippen molar-refractivity contribution in [3.05, 3.63) is 59.3 Å². The van der Waals surface area contributed by atoms with E-state index in [0.29, 0.717) is 4.91 Å². The first-order chi connectivity index (χ1) is 14.7. The van der Waals surface area contributed by atoms with Gasteiger partial charge in [-0.15, -0.1) is 0 Å². The van der Waals surface area contributed by atoms with Gasteiger partial charge in [0.2, 0.25) is 0 Å². The Labute approximate surface area is 177 Å². The number of pyridine rings is 2. The highest BCUT2D eigenvalue weighted by Gasteiger charge is 2.25. The van der Waals surface area contributed by atoms with Crippen molar-refractivity contribution >= 4 is 45.7 Å². The number of benzene rings is 1. The number of hydrogen-bond acceptors (Lipinski definition) is 7. The molecule has 5 rings (SSSR count). The summed E-state index contributed by atoms with van der Waals surface area (Å²) in [5.74, 6) is 0.583. The van der Waals surface area contributed by atoms with Crippen molar-refractivity contribution in [1.82, 2.24) is 15.3 Å². The number of rotatable bonds is 3. The maximum Gasteiger partial charge on any atom is 0.290 e. The summed E-state index contributed by atoms with van der Waals surface area (Å²) in [7, 11) is 0. The van der Waals surface area contributed by atoms with E-state index in [1.807, 2.05) is 36.5 Å². The SMILES string of the molecule is O=C1NC(=O)/C(=C\c2ccc3nccc(-c4ccc(N5CCOCC5)nc4)c3c2)S1. The lowest BCUT2D eigenvalue weighted by Crippen LogP contribution is -2.36. The lowest BCUT2D eigenvalue weighted by molar-refractivity contribution is -0.115. The molecule has 0 saturated carbocycles. The second-order valence-corrected chi connectivity index (χ2v) is 8.01. The number of anilines is 1. The fourth-order valence-electron chi connectivity index (χ4n) is 3.60. The Morgan fingerprint density at radius 3 is 2.67 bits per heavy atom. The van der Waals surface area contributed by atoms with Crippen molar-refractivity contribution in [2.75, 3.05) is 31.2 Å². The van der Waals surface area contributed by atoms with Gasteiger partial charge >= 0.3 is 0 Å². The van der Waals surface area contributed by atoms with Crippen molar-refractivity contribution in [2.24, 2.45) is 0 Å². The number of ether oxygens (including phenoxy) is 1. The molecule has 4 heterocycles. The van der Waals surface area contributed by atoms with Crippen LogP contribution >= 0.6 is 11.8 Å². The van der Waals surface area contributed by atoms with E-state index in [1.54, 1.807) is 12.3 Å². The molecule has 0 aliphatic carbocycles. The van der Waals surface area contributed by atoms with E-state index in [2.05, 4.69) is 26.3 Å². The van der Waals surface area contributed by atoms with Crippen LogP contribution < -0.4 is 10.2 Å². The second kappa shape index (κ2) is 7.89. The first kappa shape index (κ1) is 18.8. The molecule has 2 fully saturated rings. The zero-order valence-electron chi connectivity index (χ0n) is 16.0. The molecular formula is C22H18N4O3S. The summed E-state index contributed by atoms with van der Waals surface area (Å²) in [6.45, 7) is 3.13. The molecule has 8 heteroatoms. The molecule has 2 amide bonds. The fraction of sp³-hybridized carbons (Fsp3) is 0.182. The average Bonchev–Trinajstić information content (AvgIpc) is 3.10. The molecule has 0 unspecified atom stereocenters. The number of carbonyl (C=O) groups is 2. The van der Waals surface area contributed by atoms with Crippen molar-refractivity contribution in [1.29, 1.82) is 0 Å². The molecule has 3 aromatic rings. The zero-order chi connectivity index (χ0) is 20.5. The monoisotopic (exact) mass is 418 g/mol. The Kier molecular flexibility index (Phi) is 4.94. The Balaban J connectivity index is 1.50. The van der Waals surface area contributed by atoms with Gasteiger partial charge in [-0.05, 0) is 59.3 Å². The van der Waals surface area contributed by atoms with Gasteiger partial charge in [-0.2, -0.15) is 0 Å². The van der Waals surface area contributed by atoms with Crippen LogP contribution in [0, 0.1) is 0 Å². The molecule has 0 radical (unpaired) electrons. The Morgan fingerprint density at radius 1 is 1.07 bits per heavy atom. The minimum Gasteiger partial charge on any atom is -0.378 e. The van der Waals surface area contributed by atoms with Gasteiger partial charge in [-0.3, -0.25) is 19.9 Å². The van der Waals surface area contributed by atoms with Gasteiger partial charge in [0.15, 0.2) is 0 Å². The predicted octanol–water partition coefficient (Wildman–Crippen LogP) is 3.46. The van der Waals surface area contributed by atoms with Gasteiger partial charge in [0.1, 0.15) is 5.82 Å². The number of fused-ring (bicyclic) bond motifs is 1. The average molecular weight is 418 g/mol. The fourth-order valence-corrected chi connectivity index (χ4v) is 4.28. The lowest BCUT2D eigenvalue weighted by atomic mass is 10.0. The molecule has 7 nitrogen and oxygen atoms in total. The molecule has 2 aliphatic heterocycles. The summed E-state index contributed by atoms with van der Waals surface area (Å²) in [6.07, 6.45) is 5.38. The minimum absolute atomic E-state index is 0.346. The van der Waals surface area contributed by atoms with Gasteiger partial charge in [0.25, 0.3) is 11.1 Å². The normalized spacial score (nSPS) is 18.3. The molecule has 0 spiro atoms. The number of carbonyl (C=O) groups excluding carboxylic acids is 2. The van der Waals surface area contributed by atoms with E-state index < -0.39 is 0 Å². The van der Waals surface area contributed by atoms with E-state index in [1.165, 1.54) is 0 Å². The Hall–Kier alpha value is -3.23. The Morgan fingerprint density at radius 2 is 1.93 bits per heavy atom. The smallest absolute Gasteiger partial charge is 0.290 e. The number of thioether (sulfide) groups is 1. The topological polar surface area (TPSA) is 84.4 Å². The Bertz CT molecular complexity index is 1170. The van der Waals surface area contributed by atoms with Crippen LogP contribution in [-0.4, -0.2) is 47.4 Å². The van der Waals surface area contributed by atoms with Gasteiger partial charge in [-0.1, -0.05) is 6.07 Å². The summed E-state index contributed by atoms with van der Waals surface area (Å²) in [5, 5.41) is 2.89. The lowest BCUT2D eigenvalue weighted by Gasteiger charge is -2.27. The van der Waals surface area contributed by atoms with Crippen LogP contribution in [-0.2, 0) is 9.53 Å². The zero-order valence-corrected chi connectivity index (χ0v) is 16.8. The number of imide groups is 1. The third-order valence-electron chi connectivity index (χ3n) is 5.10. The summed E-state index contributed by atoms with van der Waals surface area (Å²) in [5.41, 5.74) is 3.70. The molecule has 150 valence electrons. The summed E-state index contributed by atoms with van der Waals surface area (Å²) in [6, 6.07) is 11.9. The van der Waals surface area contributed by atoms with E-state index in [0.717, 1.165) is 71.5 Å². The van der Waals surface area contributed by atoms with Crippen molar-refractivity contribution in [3.63, 3.8) is 0 Å². The molecule has 0 atom stereocenters. The number of nitrogens with zero attached hydrogens (tertiary/aromatic N) is 3. The molecule has 2 aromatic heterocycles. The summed E-state index contributed by atoms with van der Waals surface area (Å²) < 4.78 is 5.41. The van der Waals surface area contributed by atoms with Crippen molar-refractivity contribution < 1.29 is 14.3 Å². The van der Waals surface area contributed by atoms with Gasteiger partial charge in [0, 0.05) is 36.4 Å². The molecular weight excluding hydrogens is 400 g/mol. The molecule has 30 heavy (non-hydrogen) atoms. The van der Waals surface area contributed by atoms with Crippen LogP contribution in [0.2, 0.25) is 0 Å². The predicted molar refractivity (Wildman–Crippen MR) is 117 cm³/mol. The van der Waals surface area contributed by atoms with E-state index >= 15 is 0 Å². The van der Waals surface area contributed by atoms with Crippen LogP contribution in [0.25, 0.3) is 28.1 Å². The molecule has 1 N–H and O–H groups in total. The highest BCUT2D eigenvalue weighted by atomic mass is 32.2. The highest BCUT2D eigenvalue weighted by Crippen LogP contribution is 2.31. The number of aromatic nitrogens is 2. The number of morpholine rings is 1. The highest BCUT2D eigenvalue weighted by molar-refractivity contribution is 8.18. The van der Waals surface area contributed by atoms with Gasteiger partial charge in [0.05, 0.1) is 23.6 Å². The van der Waals surface area contributed by atoms with Crippen LogP contribution in [0.3, 0.4) is 0 Å². The summed E-state index contributed by atoms with van der Waals surface area (Å²) in [4.78, 5) is 35.0. The van der Waals surface area contributed by atoms with Crippen molar-refractivity contribution in [2.45, 2.75) is 0 Å². The van der Waals surface area contributed by atoms with E-state index in [9.17, 15) is 9.59 Å². The van der Waals surface area contributed by atoms with Crippen LogP contribution in [0.4, 0.5) is 10.6 Å². The number of hydrogen-bond donors (Lipinski definition) is 1. The van der Waals surface area contributed by atoms with Gasteiger partial charge in [-0.25, -0.2) is 4.98 Å². The maximum atomic E-state index is 11.8. The molecule has 0 bridgehead atoms. The standard InChI is InChI=1S/C22H18N4O3S/c27-21-19(30-22(28)25-21)12-14-1-3-18-17(11-14)16(5-6-23-18)15-2-4-20(24-13-15)26-7-9-29-10-8-26/h1-6,11-13H,7-10H2,(H,25,27,28)/b19-12+. The number of nitrogens with one attached hydrogen (secondary N) is 1. The minimum atomic E-state index is -0.362. The largest absolute Gasteiger partial charge is 0.378 e. The van der Waals surface area contributed by atoms with E-state index in [4.69, 9.17) is 4.74 Å². The van der Waals surface area contributed by atoms with Crippen LogP contribution in [0.5, 0.6) is 0 Å². The maximum absolute atomic E-state index is 11.8. The quantitative estimate of drug-likeness (QED) is 0.652. The van der Waals surface area contributed by atoms with Gasteiger partial charge < -0.3 is 9.64 Å². The number of amides is 2. The van der Waals surface area contributed by atoms with Crippen molar-refractivity contribution in [3.8, 4) is 11.1 Å². The third kappa shape index (κ3) is 3.67. The molecule has 1 aromatic carbocycles. The third-order valence-corrected chi connectivity index (χ3v) is 5.91. The van der Waals surface area contributed by atoms with Crippen LogP contribution in [0.15, 0.2) is 53.7 Å². The molecule has 2 saturated heterocycles.